The van der Waals surface area contributed by atoms with Crippen molar-refractivity contribution in [1.82, 2.24) is 19.5 Å². The number of nitrogen functional groups attached to an aromatic ring is 1. The summed E-state index contributed by atoms with van der Waals surface area (Å²) in [6.45, 7) is 4.69. The first-order valence-corrected chi connectivity index (χ1v) is 17.1. The van der Waals surface area contributed by atoms with E-state index in [-0.39, 0.29) is 18.6 Å². The standard InChI is InChI=1S/C27H32N5O5PS2/c1-19-7-6-10-22(11-19)36-38(33,18-35-20(2)12-32-17-31-25-26(28)29-16-30-27(25)32)37-24-15-40-39-14-23(24)34-13-21-8-4-3-5-9-21/h3-11,16-17,20,23-24H,12-15,18H2,1-2H3,(H2,28,29,30)/t20-,23?,24?,38?/m1/s1. The van der Waals surface area contributed by atoms with Crippen molar-refractivity contribution >= 4 is 46.2 Å². The predicted molar refractivity (Wildman–Crippen MR) is 159 cm³/mol. The van der Waals surface area contributed by atoms with Crippen LogP contribution < -0.4 is 10.3 Å². The van der Waals surface area contributed by atoms with E-state index in [0.717, 1.165) is 11.1 Å². The number of imidazole rings is 1. The predicted octanol–water partition coefficient (Wildman–Crippen LogP) is 5.72. The summed E-state index contributed by atoms with van der Waals surface area (Å²) in [5.74, 6) is 2.10. The molecule has 3 heterocycles. The fourth-order valence-corrected chi connectivity index (χ4v) is 8.36. The van der Waals surface area contributed by atoms with Gasteiger partial charge in [-0.3, -0.25) is 4.52 Å². The zero-order valence-corrected chi connectivity index (χ0v) is 24.8. The smallest absolute Gasteiger partial charge is 0.405 e. The van der Waals surface area contributed by atoms with Crippen LogP contribution in [0.2, 0.25) is 0 Å². The summed E-state index contributed by atoms with van der Waals surface area (Å²) in [4.78, 5) is 12.6. The van der Waals surface area contributed by atoms with Crippen molar-refractivity contribution in [3.63, 3.8) is 0 Å². The number of rotatable bonds is 12. The molecule has 5 rings (SSSR count). The quantitative estimate of drug-likeness (QED) is 0.158. The zero-order valence-electron chi connectivity index (χ0n) is 22.3. The van der Waals surface area contributed by atoms with Gasteiger partial charge in [0, 0.05) is 11.5 Å². The molecular formula is C27H32N5O5PS2. The van der Waals surface area contributed by atoms with Crippen LogP contribution in [0.3, 0.4) is 0 Å². The van der Waals surface area contributed by atoms with Gasteiger partial charge < -0.3 is 24.3 Å². The SMILES string of the molecule is Cc1cccc(OP(=O)(CO[C@H](C)Cn2cnc3c(N)ncnc32)OC2CSSCC2OCc2ccccc2)c1. The molecule has 1 saturated heterocycles. The highest BCUT2D eigenvalue weighted by atomic mass is 33.1. The number of nitrogens with zero attached hydrogens (tertiary/aromatic N) is 4. The Morgan fingerprint density at radius 3 is 2.67 bits per heavy atom. The average Bonchev–Trinajstić information content (AvgIpc) is 3.36. The van der Waals surface area contributed by atoms with E-state index in [2.05, 4.69) is 15.0 Å². The molecule has 0 saturated carbocycles. The van der Waals surface area contributed by atoms with Gasteiger partial charge in [-0.25, -0.2) is 19.5 Å². The van der Waals surface area contributed by atoms with Crippen LogP contribution in [0.1, 0.15) is 18.1 Å². The molecule has 1 aliphatic rings. The fraction of sp³-hybridized carbons (Fsp3) is 0.370. The summed E-state index contributed by atoms with van der Waals surface area (Å²) in [5, 5.41) is 0. The number of anilines is 1. The van der Waals surface area contributed by atoms with Crippen LogP contribution in [-0.2, 0) is 31.7 Å². The number of fused-ring (bicyclic) bond motifs is 1. The van der Waals surface area contributed by atoms with Gasteiger partial charge in [0.25, 0.3) is 0 Å². The molecule has 0 amide bonds. The molecule has 1 aliphatic heterocycles. The molecule has 0 radical (unpaired) electrons. The highest BCUT2D eigenvalue weighted by Gasteiger charge is 2.38. The van der Waals surface area contributed by atoms with E-state index < -0.39 is 13.7 Å². The molecule has 13 heteroatoms. The monoisotopic (exact) mass is 601 g/mol. The minimum Gasteiger partial charge on any atom is -0.423 e. The molecular weight excluding hydrogens is 569 g/mol. The fourth-order valence-electron chi connectivity index (χ4n) is 4.17. The Morgan fingerprint density at radius 1 is 1.07 bits per heavy atom. The van der Waals surface area contributed by atoms with Crippen LogP contribution >= 0.6 is 29.2 Å². The summed E-state index contributed by atoms with van der Waals surface area (Å²) in [6.07, 6.45) is 1.78. The van der Waals surface area contributed by atoms with Crippen molar-refractivity contribution in [2.75, 3.05) is 23.6 Å². The maximum absolute atomic E-state index is 14.2. The molecule has 1 fully saturated rings. The van der Waals surface area contributed by atoms with E-state index >= 15 is 0 Å². The number of nitrogens with two attached hydrogens (primary N) is 1. The second kappa shape index (κ2) is 13.4. The third kappa shape index (κ3) is 7.57. The van der Waals surface area contributed by atoms with Crippen LogP contribution in [-0.4, -0.2) is 55.7 Å². The van der Waals surface area contributed by atoms with Crippen molar-refractivity contribution in [1.29, 1.82) is 0 Å². The Balaban J connectivity index is 1.29. The topological polar surface area (TPSA) is 124 Å². The van der Waals surface area contributed by atoms with Crippen molar-refractivity contribution in [3.05, 3.63) is 78.4 Å². The molecule has 2 aromatic heterocycles. The highest BCUT2D eigenvalue weighted by Crippen LogP contribution is 2.52. The normalized spacial score (nSPS) is 19.8. The van der Waals surface area contributed by atoms with E-state index in [9.17, 15) is 4.57 Å². The van der Waals surface area contributed by atoms with Gasteiger partial charge in [-0.15, -0.1) is 0 Å². The van der Waals surface area contributed by atoms with Crippen molar-refractivity contribution < 1.29 is 23.1 Å². The molecule has 4 atom stereocenters. The van der Waals surface area contributed by atoms with E-state index in [1.807, 2.05) is 66.9 Å². The van der Waals surface area contributed by atoms with Crippen LogP contribution in [0.5, 0.6) is 5.75 Å². The average molecular weight is 602 g/mol. The van der Waals surface area contributed by atoms with Gasteiger partial charge in [-0.2, -0.15) is 0 Å². The molecule has 4 aromatic rings. The Hall–Kier alpha value is -2.60. The van der Waals surface area contributed by atoms with E-state index in [0.29, 0.717) is 47.4 Å². The molecule has 212 valence electrons. The molecule has 40 heavy (non-hydrogen) atoms. The molecule has 0 bridgehead atoms. The number of hydrogen-bond acceptors (Lipinski definition) is 11. The Kier molecular flexibility index (Phi) is 9.67. The van der Waals surface area contributed by atoms with Gasteiger partial charge in [-0.1, -0.05) is 64.1 Å². The Bertz CT molecular complexity index is 1460. The minimum absolute atomic E-state index is 0.231. The minimum atomic E-state index is -3.76. The molecule has 2 aromatic carbocycles. The Morgan fingerprint density at radius 2 is 1.88 bits per heavy atom. The van der Waals surface area contributed by atoms with Crippen LogP contribution in [0, 0.1) is 6.92 Å². The summed E-state index contributed by atoms with van der Waals surface area (Å²) >= 11 is 0. The van der Waals surface area contributed by atoms with E-state index in [4.69, 9.17) is 24.3 Å². The second-order valence-electron chi connectivity index (χ2n) is 9.50. The molecule has 3 unspecified atom stereocenters. The number of ether oxygens (including phenoxy) is 2. The highest BCUT2D eigenvalue weighted by molar-refractivity contribution is 8.76. The summed E-state index contributed by atoms with van der Waals surface area (Å²) in [7, 11) is -0.371. The van der Waals surface area contributed by atoms with E-state index in [1.54, 1.807) is 34.0 Å². The Labute approximate surface area is 241 Å². The maximum atomic E-state index is 14.2. The number of hydrogen-bond donors (Lipinski definition) is 1. The van der Waals surface area contributed by atoms with Gasteiger partial charge in [-0.05, 0) is 37.1 Å². The largest absolute Gasteiger partial charge is 0.423 e. The summed E-state index contributed by atoms with van der Waals surface area (Å²) in [6, 6.07) is 17.4. The summed E-state index contributed by atoms with van der Waals surface area (Å²) < 4.78 is 40.7. The maximum Gasteiger partial charge on any atom is 0.405 e. The first kappa shape index (κ1) is 28.9. The molecule has 2 N–H and O–H groups in total. The van der Waals surface area contributed by atoms with Gasteiger partial charge >= 0.3 is 7.60 Å². The van der Waals surface area contributed by atoms with Gasteiger partial charge in [0.15, 0.2) is 17.8 Å². The van der Waals surface area contributed by atoms with Gasteiger partial charge in [0.1, 0.15) is 23.7 Å². The third-order valence-electron chi connectivity index (χ3n) is 6.20. The summed E-state index contributed by atoms with van der Waals surface area (Å²) in [5.41, 5.74) is 9.10. The number of aromatic nitrogens is 4. The van der Waals surface area contributed by atoms with E-state index in [1.165, 1.54) is 6.33 Å². The number of benzene rings is 2. The second-order valence-corrected chi connectivity index (χ2v) is 13.9. The zero-order chi connectivity index (χ0) is 28.0. The van der Waals surface area contributed by atoms with Gasteiger partial charge in [0.2, 0.25) is 0 Å². The third-order valence-corrected chi connectivity index (χ3v) is 10.2. The lowest BCUT2D eigenvalue weighted by Crippen LogP contribution is -2.38. The first-order chi connectivity index (χ1) is 19.4. The molecule has 0 aliphatic carbocycles. The lowest BCUT2D eigenvalue weighted by atomic mass is 10.2. The number of aryl methyl sites for hydroxylation is 1. The molecule has 10 nitrogen and oxygen atoms in total. The van der Waals surface area contributed by atoms with Gasteiger partial charge in [0.05, 0.1) is 31.7 Å². The first-order valence-electron chi connectivity index (χ1n) is 12.8. The van der Waals surface area contributed by atoms with Crippen LogP contribution in [0.4, 0.5) is 5.82 Å². The van der Waals surface area contributed by atoms with Crippen molar-refractivity contribution in [2.24, 2.45) is 0 Å². The van der Waals surface area contributed by atoms with Crippen LogP contribution in [0.25, 0.3) is 11.2 Å². The van der Waals surface area contributed by atoms with Crippen molar-refractivity contribution in [2.45, 2.75) is 45.3 Å². The lowest BCUT2D eigenvalue weighted by Gasteiger charge is -2.33. The van der Waals surface area contributed by atoms with Crippen molar-refractivity contribution in [3.8, 4) is 5.75 Å². The molecule has 0 spiro atoms. The van der Waals surface area contributed by atoms with Crippen LogP contribution in [0.15, 0.2) is 67.3 Å². The lowest BCUT2D eigenvalue weighted by molar-refractivity contribution is -0.0192.